The second kappa shape index (κ2) is 14.9. The number of benzene rings is 1. The van der Waals surface area contributed by atoms with Crippen LogP contribution in [0.15, 0.2) is 55.0 Å². The van der Waals surface area contributed by atoms with E-state index in [2.05, 4.69) is 57.1 Å². The average molecular weight is 560 g/mol. The first-order chi connectivity index (χ1) is 19.9. The molecule has 0 radical (unpaired) electrons. The number of methoxy groups -OCH3 is 1. The van der Waals surface area contributed by atoms with E-state index in [9.17, 15) is 4.79 Å². The van der Waals surface area contributed by atoms with Gasteiger partial charge >= 0.3 is 0 Å². The Morgan fingerprint density at radius 3 is 2.46 bits per heavy atom. The van der Waals surface area contributed by atoms with Gasteiger partial charge in [0.25, 0.3) is 5.91 Å². The molecule has 1 amide bonds. The second-order valence-electron chi connectivity index (χ2n) is 11.0. The maximum atomic E-state index is 12.8. The summed E-state index contributed by atoms with van der Waals surface area (Å²) in [5, 5.41) is 3.12. The standard InChI is InChI=1S/C33H45N5O3/c1-24-10-15-34-22-28(24)23-38(29-6-8-31(9-7-29)41-21-20-40-5)30-13-18-37(19-14-30)26(3)12-17-36-33(39)32-25(2)11-16-35-27(32)4/h6-11,15-16,22,26,30H,12-14,17-21,23H2,1-5H3,(H,36,39). The largest absolute Gasteiger partial charge is 0.491 e. The highest BCUT2D eigenvalue weighted by atomic mass is 16.5. The molecule has 1 aliphatic heterocycles. The van der Waals surface area contributed by atoms with E-state index < -0.39 is 0 Å². The van der Waals surface area contributed by atoms with Crippen molar-refractivity contribution in [1.82, 2.24) is 20.2 Å². The van der Waals surface area contributed by atoms with Gasteiger partial charge in [0, 0.05) is 69.7 Å². The van der Waals surface area contributed by atoms with Crippen molar-refractivity contribution in [2.24, 2.45) is 0 Å². The molecule has 220 valence electrons. The number of hydrogen-bond donors (Lipinski definition) is 1. The third-order valence-electron chi connectivity index (χ3n) is 8.20. The van der Waals surface area contributed by atoms with Crippen LogP contribution in [0.1, 0.15) is 58.9 Å². The molecule has 0 bridgehead atoms. The van der Waals surface area contributed by atoms with Gasteiger partial charge in [0.05, 0.1) is 17.9 Å². The number of pyridine rings is 2. The molecule has 0 spiro atoms. The Kier molecular flexibility index (Phi) is 11.1. The maximum absolute atomic E-state index is 12.8. The molecular formula is C33H45N5O3. The summed E-state index contributed by atoms with van der Waals surface area (Å²) in [6, 6.07) is 13.2. The molecule has 1 aliphatic rings. The highest BCUT2D eigenvalue weighted by Crippen LogP contribution is 2.29. The fraction of sp³-hybridized carbons (Fsp3) is 0.485. The molecule has 1 atom stereocenters. The average Bonchev–Trinajstić information content (AvgIpc) is 2.97. The second-order valence-corrected chi connectivity index (χ2v) is 11.0. The summed E-state index contributed by atoms with van der Waals surface area (Å²) in [5.74, 6) is 0.823. The predicted molar refractivity (Wildman–Crippen MR) is 164 cm³/mol. The predicted octanol–water partition coefficient (Wildman–Crippen LogP) is 5.11. The molecule has 1 saturated heterocycles. The topological polar surface area (TPSA) is 79.8 Å². The molecule has 1 aromatic carbocycles. The van der Waals surface area contributed by atoms with Gasteiger partial charge in [-0.1, -0.05) is 0 Å². The summed E-state index contributed by atoms with van der Waals surface area (Å²) in [5.41, 5.74) is 6.14. The number of ether oxygens (including phenoxy) is 2. The molecule has 0 aliphatic carbocycles. The molecule has 1 fully saturated rings. The van der Waals surface area contributed by atoms with E-state index in [1.807, 2.05) is 44.4 Å². The third kappa shape index (κ3) is 8.27. The van der Waals surface area contributed by atoms with Crippen molar-refractivity contribution in [3.63, 3.8) is 0 Å². The van der Waals surface area contributed by atoms with Crippen molar-refractivity contribution in [2.75, 3.05) is 44.9 Å². The summed E-state index contributed by atoms with van der Waals surface area (Å²) >= 11 is 0. The molecule has 3 aromatic rings. The lowest BCUT2D eigenvalue weighted by Crippen LogP contribution is -2.48. The van der Waals surface area contributed by atoms with E-state index in [1.165, 1.54) is 16.8 Å². The van der Waals surface area contributed by atoms with Gasteiger partial charge in [-0.3, -0.25) is 14.8 Å². The minimum atomic E-state index is -0.0320. The number of rotatable bonds is 13. The Morgan fingerprint density at radius 1 is 1.05 bits per heavy atom. The number of aryl methyl sites for hydroxylation is 3. The quantitative estimate of drug-likeness (QED) is 0.292. The van der Waals surface area contributed by atoms with Crippen molar-refractivity contribution < 1.29 is 14.3 Å². The number of nitrogens with one attached hydrogen (secondary N) is 1. The number of carbonyl (C=O) groups excluding carboxylic acids is 1. The molecule has 4 rings (SSSR count). The fourth-order valence-electron chi connectivity index (χ4n) is 5.59. The summed E-state index contributed by atoms with van der Waals surface area (Å²) < 4.78 is 10.9. The van der Waals surface area contributed by atoms with Gasteiger partial charge in [0.2, 0.25) is 0 Å². The minimum absolute atomic E-state index is 0.0320. The maximum Gasteiger partial charge on any atom is 0.253 e. The van der Waals surface area contributed by atoms with Crippen molar-refractivity contribution in [1.29, 1.82) is 0 Å². The first kappa shape index (κ1) is 30.5. The zero-order valence-corrected chi connectivity index (χ0v) is 25.2. The Labute approximate surface area is 245 Å². The number of amides is 1. The minimum Gasteiger partial charge on any atom is -0.491 e. The van der Waals surface area contributed by atoms with E-state index in [0.29, 0.717) is 37.4 Å². The van der Waals surface area contributed by atoms with Crippen LogP contribution >= 0.6 is 0 Å². The SMILES string of the molecule is COCCOc1ccc(N(Cc2cnccc2C)C2CCN(C(C)CCNC(=O)c3c(C)ccnc3C)CC2)cc1. The summed E-state index contributed by atoms with van der Waals surface area (Å²) in [4.78, 5) is 26.5. The number of nitrogens with zero attached hydrogens (tertiary/aromatic N) is 4. The Morgan fingerprint density at radius 2 is 1.78 bits per heavy atom. The molecule has 3 heterocycles. The van der Waals surface area contributed by atoms with Crippen LogP contribution in [-0.4, -0.2) is 72.8 Å². The number of carbonyl (C=O) groups is 1. The van der Waals surface area contributed by atoms with Gasteiger partial charge in [0.15, 0.2) is 0 Å². The Balaban J connectivity index is 1.35. The van der Waals surface area contributed by atoms with Crippen LogP contribution in [0.25, 0.3) is 0 Å². The monoisotopic (exact) mass is 559 g/mol. The first-order valence-corrected chi connectivity index (χ1v) is 14.7. The number of likely N-dealkylation sites (tertiary alicyclic amines) is 1. The zero-order valence-electron chi connectivity index (χ0n) is 25.2. The van der Waals surface area contributed by atoms with Crippen molar-refractivity contribution in [3.05, 3.63) is 82.9 Å². The smallest absolute Gasteiger partial charge is 0.253 e. The van der Waals surface area contributed by atoms with E-state index >= 15 is 0 Å². The van der Waals surface area contributed by atoms with Crippen LogP contribution in [0.2, 0.25) is 0 Å². The highest BCUT2D eigenvalue weighted by molar-refractivity contribution is 5.96. The van der Waals surface area contributed by atoms with Crippen LogP contribution in [0, 0.1) is 20.8 Å². The third-order valence-corrected chi connectivity index (χ3v) is 8.20. The zero-order chi connectivity index (χ0) is 29.2. The van der Waals surface area contributed by atoms with Gasteiger partial charge in [-0.2, -0.15) is 0 Å². The molecule has 1 N–H and O–H groups in total. The fourth-order valence-corrected chi connectivity index (χ4v) is 5.59. The van der Waals surface area contributed by atoms with Gasteiger partial charge in [-0.05, 0) is 100 Å². The van der Waals surface area contributed by atoms with Gasteiger partial charge < -0.3 is 24.6 Å². The lowest BCUT2D eigenvalue weighted by atomic mass is 9.99. The van der Waals surface area contributed by atoms with Crippen LogP contribution in [0.3, 0.4) is 0 Å². The van der Waals surface area contributed by atoms with Crippen LogP contribution in [0.4, 0.5) is 5.69 Å². The van der Waals surface area contributed by atoms with Crippen molar-refractivity contribution >= 4 is 11.6 Å². The molecule has 1 unspecified atom stereocenters. The number of hydrogen-bond acceptors (Lipinski definition) is 7. The lowest BCUT2D eigenvalue weighted by molar-refractivity contribution is 0.0943. The molecule has 41 heavy (non-hydrogen) atoms. The summed E-state index contributed by atoms with van der Waals surface area (Å²) in [7, 11) is 1.68. The Hall–Kier alpha value is -3.49. The highest BCUT2D eigenvalue weighted by Gasteiger charge is 2.28. The van der Waals surface area contributed by atoms with Crippen molar-refractivity contribution in [3.8, 4) is 5.75 Å². The van der Waals surface area contributed by atoms with Crippen LogP contribution in [0.5, 0.6) is 5.75 Å². The summed E-state index contributed by atoms with van der Waals surface area (Å²) in [6.45, 7) is 12.9. The normalized spacial score (nSPS) is 15.0. The number of anilines is 1. The van der Waals surface area contributed by atoms with Gasteiger partial charge in [0.1, 0.15) is 12.4 Å². The lowest BCUT2D eigenvalue weighted by Gasteiger charge is -2.42. The number of aromatic nitrogens is 2. The van der Waals surface area contributed by atoms with Crippen LogP contribution in [-0.2, 0) is 11.3 Å². The molecule has 2 aromatic heterocycles. The molecule has 8 heteroatoms. The van der Waals surface area contributed by atoms with E-state index in [4.69, 9.17) is 9.47 Å². The molecular weight excluding hydrogens is 514 g/mol. The van der Waals surface area contributed by atoms with Gasteiger partial charge in [-0.25, -0.2) is 0 Å². The Bertz CT molecular complexity index is 1240. The summed E-state index contributed by atoms with van der Waals surface area (Å²) in [6.07, 6.45) is 8.67. The van der Waals surface area contributed by atoms with E-state index in [-0.39, 0.29) is 5.91 Å². The molecule has 0 saturated carbocycles. The first-order valence-electron chi connectivity index (χ1n) is 14.7. The van der Waals surface area contributed by atoms with E-state index in [0.717, 1.165) is 55.9 Å². The van der Waals surface area contributed by atoms with Gasteiger partial charge in [-0.15, -0.1) is 0 Å². The van der Waals surface area contributed by atoms with Crippen LogP contribution < -0.4 is 15.0 Å². The molecule has 8 nitrogen and oxygen atoms in total. The van der Waals surface area contributed by atoms with E-state index in [1.54, 1.807) is 13.3 Å². The van der Waals surface area contributed by atoms with Crippen molar-refractivity contribution in [2.45, 2.75) is 65.6 Å². The number of piperidine rings is 1.